The predicted molar refractivity (Wildman–Crippen MR) is 69.7 cm³/mol. The van der Waals surface area contributed by atoms with Crippen molar-refractivity contribution in [2.75, 3.05) is 26.2 Å². The van der Waals surface area contributed by atoms with E-state index in [1.807, 2.05) is 0 Å². The Bertz CT molecular complexity index is 187. The Morgan fingerprint density at radius 1 is 1.12 bits per heavy atom. The van der Waals surface area contributed by atoms with Gasteiger partial charge in [0, 0.05) is 25.7 Å². The van der Waals surface area contributed by atoms with Crippen molar-refractivity contribution < 1.29 is 0 Å². The molecule has 1 aliphatic carbocycles. The van der Waals surface area contributed by atoms with Crippen LogP contribution in [0.25, 0.3) is 0 Å². The van der Waals surface area contributed by atoms with Crippen molar-refractivity contribution in [3.63, 3.8) is 0 Å². The second-order valence-corrected chi connectivity index (χ2v) is 5.65. The SMILES string of the molecule is CCC1CCCN(CCNC2CCCC2)C1. The first-order chi connectivity index (χ1) is 7.88. The van der Waals surface area contributed by atoms with Crippen molar-refractivity contribution in [3.8, 4) is 0 Å². The van der Waals surface area contributed by atoms with Gasteiger partial charge in [0.1, 0.15) is 0 Å². The molecule has 94 valence electrons. The molecule has 1 atom stereocenters. The Morgan fingerprint density at radius 3 is 2.69 bits per heavy atom. The summed E-state index contributed by atoms with van der Waals surface area (Å²) in [5, 5.41) is 3.72. The number of hydrogen-bond acceptors (Lipinski definition) is 2. The van der Waals surface area contributed by atoms with E-state index in [4.69, 9.17) is 0 Å². The minimum atomic E-state index is 0.840. The van der Waals surface area contributed by atoms with Crippen LogP contribution in [0, 0.1) is 5.92 Å². The zero-order valence-corrected chi connectivity index (χ0v) is 10.9. The van der Waals surface area contributed by atoms with Crippen LogP contribution in [0.5, 0.6) is 0 Å². The van der Waals surface area contributed by atoms with Crippen molar-refractivity contribution >= 4 is 0 Å². The number of likely N-dealkylation sites (tertiary alicyclic amines) is 1. The summed E-state index contributed by atoms with van der Waals surface area (Å²) in [4.78, 5) is 2.67. The van der Waals surface area contributed by atoms with Gasteiger partial charge in [-0.1, -0.05) is 26.2 Å². The monoisotopic (exact) mass is 224 g/mol. The van der Waals surface area contributed by atoms with Gasteiger partial charge in [-0.15, -0.1) is 0 Å². The maximum absolute atomic E-state index is 3.72. The van der Waals surface area contributed by atoms with E-state index in [1.165, 1.54) is 71.1 Å². The van der Waals surface area contributed by atoms with Crippen molar-refractivity contribution in [2.45, 2.75) is 57.9 Å². The van der Waals surface area contributed by atoms with Gasteiger partial charge in [-0.3, -0.25) is 0 Å². The highest BCUT2D eigenvalue weighted by molar-refractivity contribution is 4.76. The van der Waals surface area contributed by atoms with Crippen molar-refractivity contribution in [3.05, 3.63) is 0 Å². The van der Waals surface area contributed by atoms with Crippen LogP contribution in [-0.4, -0.2) is 37.1 Å². The summed E-state index contributed by atoms with van der Waals surface area (Å²) in [6.45, 7) is 7.50. The fraction of sp³-hybridized carbons (Fsp3) is 1.00. The molecule has 2 rings (SSSR count). The lowest BCUT2D eigenvalue weighted by molar-refractivity contribution is 0.171. The van der Waals surface area contributed by atoms with Crippen LogP contribution in [-0.2, 0) is 0 Å². The van der Waals surface area contributed by atoms with Gasteiger partial charge < -0.3 is 10.2 Å². The minimum Gasteiger partial charge on any atom is -0.313 e. The largest absolute Gasteiger partial charge is 0.313 e. The van der Waals surface area contributed by atoms with E-state index in [9.17, 15) is 0 Å². The molecule has 0 aromatic rings. The van der Waals surface area contributed by atoms with Crippen molar-refractivity contribution in [1.82, 2.24) is 10.2 Å². The van der Waals surface area contributed by atoms with E-state index in [2.05, 4.69) is 17.1 Å². The molecular formula is C14H28N2. The van der Waals surface area contributed by atoms with Gasteiger partial charge in [0.05, 0.1) is 0 Å². The zero-order valence-electron chi connectivity index (χ0n) is 10.9. The molecule has 0 amide bonds. The first kappa shape index (κ1) is 12.4. The van der Waals surface area contributed by atoms with E-state index in [1.54, 1.807) is 0 Å². The lowest BCUT2D eigenvalue weighted by Crippen LogP contribution is -2.41. The van der Waals surface area contributed by atoms with Crippen LogP contribution in [0.1, 0.15) is 51.9 Å². The van der Waals surface area contributed by atoms with E-state index in [0.29, 0.717) is 0 Å². The second-order valence-electron chi connectivity index (χ2n) is 5.65. The molecule has 0 aromatic carbocycles. The number of rotatable bonds is 5. The number of nitrogens with zero attached hydrogens (tertiary/aromatic N) is 1. The molecule has 0 radical (unpaired) electrons. The first-order valence-electron chi connectivity index (χ1n) is 7.34. The average Bonchev–Trinajstić information content (AvgIpc) is 2.82. The highest BCUT2D eigenvalue weighted by Gasteiger charge is 2.18. The molecule has 1 aliphatic heterocycles. The van der Waals surface area contributed by atoms with Gasteiger partial charge in [0.2, 0.25) is 0 Å². The summed E-state index contributed by atoms with van der Waals surface area (Å²) in [6.07, 6.45) is 9.96. The van der Waals surface area contributed by atoms with Crippen molar-refractivity contribution in [2.24, 2.45) is 5.92 Å². The Morgan fingerprint density at radius 2 is 1.94 bits per heavy atom. The Hall–Kier alpha value is -0.0800. The summed E-state index contributed by atoms with van der Waals surface area (Å²) in [5.41, 5.74) is 0. The molecule has 0 spiro atoms. The van der Waals surface area contributed by atoms with Crippen LogP contribution >= 0.6 is 0 Å². The molecule has 16 heavy (non-hydrogen) atoms. The highest BCUT2D eigenvalue weighted by atomic mass is 15.1. The van der Waals surface area contributed by atoms with Crippen LogP contribution < -0.4 is 5.32 Å². The third-order valence-electron chi connectivity index (χ3n) is 4.40. The zero-order chi connectivity index (χ0) is 11.2. The molecule has 0 bridgehead atoms. The van der Waals surface area contributed by atoms with Crippen LogP contribution in [0.15, 0.2) is 0 Å². The van der Waals surface area contributed by atoms with Crippen molar-refractivity contribution in [1.29, 1.82) is 0 Å². The Labute approximate surface area is 101 Å². The smallest absolute Gasteiger partial charge is 0.0107 e. The Balaban J connectivity index is 1.58. The summed E-state index contributed by atoms with van der Waals surface area (Å²) in [6, 6.07) is 0.840. The van der Waals surface area contributed by atoms with E-state index in [0.717, 1.165) is 12.0 Å². The number of piperidine rings is 1. The normalized spacial score (nSPS) is 28.7. The van der Waals surface area contributed by atoms with Gasteiger partial charge in [0.15, 0.2) is 0 Å². The maximum atomic E-state index is 3.72. The number of nitrogens with one attached hydrogen (secondary N) is 1. The first-order valence-corrected chi connectivity index (χ1v) is 7.34. The molecule has 1 N–H and O–H groups in total. The van der Waals surface area contributed by atoms with Crippen LogP contribution in [0.3, 0.4) is 0 Å². The quantitative estimate of drug-likeness (QED) is 0.772. The molecule has 0 aromatic heterocycles. The molecule has 1 saturated heterocycles. The maximum Gasteiger partial charge on any atom is 0.0107 e. The predicted octanol–water partition coefficient (Wildman–Crippen LogP) is 2.64. The fourth-order valence-electron chi connectivity index (χ4n) is 3.24. The standard InChI is InChI=1S/C14H28N2/c1-2-13-6-5-10-16(12-13)11-9-15-14-7-3-4-8-14/h13-15H,2-12H2,1H3. The summed E-state index contributed by atoms with van der Waals surface area (Å²) < 4.78 is 0. The van der Waals surface area contributed by atoms with Gasteiger partial charge in [-0.2, -0.15) is 0 Å². The molecule has 1 saturated carbocycles. The van der Waals surface area contributed by atoms with Crippen LogP contribution in [0.2, 0.25) is 0 Å². The summed E-state index contributed by atoms with van der Waals surface area (Å²) >= 11 is 0. The van der Waals surface area contributed by atoms with E-state index < -0.39 is 0 Å². The summed E-state index contributed by atoms with van der Waals surface area (Å²) in [5.74, 6) is 0.972. The Kier molecular flexibility index (Phi) is 5.11. The van der Waals surface area contributed by atoms with E-state index in [-0.39, 0.29) is 0 Å². The molecule has 1 unspecified atom stereocenters. The number of hydrogen-bond donors (Lipinski definition) is 1. The topological polar surface area (TPSA) is 15.3 Å². The molecule has 2 nitrogen and oxygen atoms in total. The average molecular weight is 224 g/mol. The van der Waals surface area contributed by atoms with Gasteiger partial charge in [0.25, 0.3) is 0 Å². The molecule has 1 heterocycles. The molecule has 2 aliphatic rings. The fourth-order valence-corrected chi connectivity index (χ4v) is 3.24. The lowest BCUT2D eigenvalue weighted by Gasteiger charge is -2.32. The third kappa shape index (κ3) is 3.74. The lowest BCUT2D eigenvalue weighted by atomic mass is 9.96. The van der Waals surface area contributed by atoms with Gasteiger partial charge >= 0.3 is 0 Å². The molecule has 2 fully saturated rings. The summed E-state index contributed by atoms with van der Waals surface area (Å²) in [7, 11) is 0. The molecule has 2 heteroatoms. The minimum absolute atomic E-state index is 0.840. The highest BCUT2D eigenvalue weighted by Crippen LogP contribution is 2.19. The third-order valence-corrected chi connectivity index (χ3v) is 4.40. The van der Waals surface area contributed by atoms with Gasteiger partial charge in [-0.05, 0) is 38.1 Å². The van der Waals surface area contributed by atoms with Crippen LogP contribution in [0.4, 0.5) is 0 Å². The van der Waals surface area contributed by atoms with Gasteiger partial charge in [-0.25, -0.2) is 0 Å². The second kappa shape index (κ2) is 6.61. The molecular weight excluding hydrogens is 196 g/mol. The van der Waals surface area contributed by atoms with E-state index >= 15 is 0 Å².